The number of nitrogens with one attached hydrogen (secondary N) is 2. The number of hydrogen-bond acceptors (Lipinski definition) is 7. The highest BCUT2D eigenvalue weighted by atomic mass is 16.6. The summed E-state index contributed by atoms with van der Waals surface area (Å²) in [5.41, 5.74) is 0.274. The molecule has 0 aromatic carbocycles. The van der Waals surface area contributed by atoms with Gasteiger partial charge < -0.3 is 5.32 Å². The average molecular weight is 221 g/mol. The first-order chi connectivity index (χ1) is 7.77. The van der Waals surface area contributed by atoms with Crippen LogP contribution in [0.4, 0.5) is 11.4 Å². The standard InChI is InChI=1S/C7H7N7O2/c15-14(16)6-3-8-2-1-5(6)9-4-7-10-12-13-11-7/h1-3H,4H2,(H,8,9)(H,10,11,12,13). The van der Waals surface area contributed by atoms with Gasteiger partial charge in [0.2, 0.25) is 0 Å². The molecule has 0 aliphatic rings. The molecule has 0 amide bonds. The number of nitro groups is 1. The number of H-pyrrole nitrogens is 1. The maximum atomic E-state index is 10.7. The van der Waals surface area contributed by atoms with Crippen molar-refractivity contribution in [1.29, 1.82) is 0 Å². The van der Waals surface area contributed by atoms with Crippen LogP contribution in [0.5, 0.6) is 0 Å². The second kappa shape index (κ2) is 4.29. The van der Waals surface area contributed by atoms with Gasteiger partial charge in [0.15, 0.2) is 5.82 Å². The summed E-state index contributed by atoms with van der Waals surface area (Å²) in [7, 11) is 0. The number of aromatic amines is 1. The van der Waals surface area contributed by atoms with Gasteiger partial charge in [-0.1, -0.05) is 5.21 Å². The van der Waals surface area contributed by atoms with Crippen molar-refractivity contribution in [2.24, 2.45) is 0 Å². The molecule has 16 heavy (non-hydrogen) atoms. The Balaban J connectivity index is 2.12. The van der Waals surface area contributed by atoms with Crippen molar-refractivity contribution < 1.29 is 4.92 Å². The molecule has 2 rings (SSSR count). The van der Waals surface area contributed by atoms with Gasteiger partial charge >= 0.3 is 5.69 Å². The van der Waals surface area contributed by atoms with Gasteiger partial charge in [-0.3, -0.25) is 15.1 Å². The Bertz CT molecular complexity index is 483. The van der Waals surface area contributed by atoms with Crippen molar-refractivity contribution in [3.63, 3.8) is 0 Å². The fourth-order valence-electron chi connectivity index (χ4n) is 1.11. The molecular weight excluding hydrogens is 214 g/mol. The third kappa shape index (κ3) is 2.08. The molecule has 0 fully saturated rings. The monoisotopic (exact) mass is 221 g/mol. The predicted octanol–water partition coefficient (Wildman–Crippen LogP) is 0.115. The molecule has 9 nitrogen and oxygen atoms in total. The highest BCUT2D eigenvalue weighted by Gasteiger charge is 2.13. The highest BCUT2D eigenvalue weighted by Crippen LogP contribution is 2.21. The van der Waals surface area contributed by atoms with Crippen molar-refractivity contribution >= 4 is 11.4 Å². The van der Waals surface area contributed by atoms with Gasteiger partial charge in [0.1, 0.15) is 11.9 Å². The van der Waals surface area contributed by atoms with Crippen LogP contribution in [0.3, 0.4) is 0 Å². The van der Waals surface area contributed by atoms with Crippen LogP contribution in [-0.2, 0) is 6.54 Å². The van der Waals surface area contributed by atoms with Gasteiger partial charge in [-0.05, 0) is 6.07 Å². The molecule has 0 saturated heterocycles. The Morgan fingerprint density at radius 2 is 2.44 bits per heavy atom. The zero-order valence-electron chi connectivity index (χ0n) is 7.99. The first kappa shape index (κ1) is 9.96. The molecule has 0 spiro atoms. The molecule has 0 saturated carbocycles. The number of tetrazole rings is 1. The Hall–Kier alpha value is -2.58. The maximum absolute atomic E-state index is 10.7. The van der Waals surface area contributed by atoms with Crippen LogP contribution in [0.15, 0.2) is 18.5 Å². The molecule has 0 bridgehead atoms. The molecule has 2 N–H and O–H groups in total. The Labute approximate surface area is 89.0 Å². The minimum atomic E-state index is -0.508. The Morgan fingerprint density at radius 1 is 1.56 bits per heavy atom. The average Bonchev–Trinajstić information content (AvgIpc) is 2.79. The topological polar surface area (TPSA) is 123 Å². The molecule has 0 radical (unpaired) electrons. The van der Waals surface area contributed by atoms with Crippen LogP contribution >= 0.6 is 0 Å². The number of hydrogen-bond donors (Lipinski definition) is 2. The van der Waals surface area contributed by atoms with Gasteiger partial charge in [0.25, 0.3) is 0 Å². The van der Waals surface area contributed by atoms with Crippen molar-refractivity contribution in [1.82, 2.24) is 25.6 Å². The number of aromatic nitrogens is 5. The summed E-state index contributed by atoms with van der Waals surface area (Å²) in [6, 6.07) is 1.51. The quantitative estimate of drug-likeness (QED) is 0.554. The number of pyridine rings is 1. The molecular formula is C7H7N7O2. The smallest absolute Gasteiger partial charge is 0.310 e. The van der Waals surface area contributed by atoms with Gasteiger partial charge in [-0.25, -0.2) is 0 Å². The Morgan fingerprint density at radius 3 is 3.12 bits per heavy atom. The van der Waals surface area contributed by atoms with Crippen molar-refractivity contribution in [2.45, 2.75) is 6.54 Å². The molecule has 0 aliphatic heterocycles. The van der Waals surface area contributed by atoms with E-state index in [4.69, 9.17) is 0 Å². The zero-order valence-corrected chi connectivity index (χ0v) is 7.99. The first-order valence-electron chi connectivity index (χ1n) is 4.32. The molecule has 2 aromatic heterocycles. The van der Waals surface area contributed by atoms with Crippen LogP contribution in [0, 0.1) is 10.1 Å². The lowest BCUT2D eigenvalue weighted by molar-refractivity contribution is -0.384. The van der Waals surface area contributed by atoms with E-state index in [0.29, 0.717) is 11.5 Å². The van der Waals surface area contributed by atoms with Gasteiger partial charge in [0.05, 0.1) is 11.5 Å². The van der Waals surface area contributed by atoms with Crippen molar-refractivity contribution in [3.8, 4) is 0 Å². The van der Waals surface area contributed by atoms with E-state index in [9.17, 15) is 10.1 Å². The minimum Gasteiger partial charge on any atom is -0.372 e. The fraction of sp³-hybridized carbons (Fsp3) is 0.143. The van der Waals surface area contributed by atoms with Gasteiger partial charge in [0, 0.05) is 6.20 Å². The van der Waals surface area contributed by atoms with E-state index in [1.807, 2.05) is 0 Å². The van der Waals surface area contributed by atoms with E-state index in [1.165, 1.54) is 18.5 Å². The van der Waals surface area contributed by atoms with E-state index in [-0.39, 0.29) is 12.2 Å². The summed E-state index contributed by atoms with van der Waals surface area (Å²) in [5.74, 6) is 0.422. The summed E-state index contributed by atoms with van der Waals surface area (Å²) in [5, 5.41) is 26.6. The molecule has 0 unspecified atom stereocenters. The van der Waals surface area contributed by atoms with Crippen molar-refractivity contribution in [3.05, 3.63) is 34.4 Å². The molecule has 9 heteroatoms. The zero-order chi connectivity index (χ0) is 11.4. The van der Waals surface area contributed by atoms with Gasteiger partial charge in [-0.15, -0.1) is 10.2 Å². The molecule has 2 aromatic rings. The normalized spacial score (nSPS) is 10.0. The molecule has 0 atom stereocenters. The van der Waals surface area contributed by atoms with Crippen LogP contribution in [0.1, 0.15) is 5.82 Å². The van der Waals surface area contributed by atoms with E-state index in [2.05, 4.69) is 30.9 Å². The van der Waals surface area contributed by atoms with Crippen molar-refractivity contribution in [2.75, 3.05) is 5.32 Å². The predicted molar refractivity (Wildman–Crippen MR) is 52.4 cm³/mol. The summed E-state index contributed by atoms with van der Waals surface area (Å²) in [6.45, 7) is 0.251. The molecule has 0 aliphatic carbocycles. The third-order valence-corrected chi connectivity index (χ3v) is 1.82. The van der Waals surface area contributed by atoms with E-state index in [0.717, 1.165) is 0 Å². The summed E-state index contributed by atoms with van der Waals surface area (Å²) < 4.78 is 0. The van der Waals surface area contributed by atoms with Crippen LogP contribution in [0.25, 0.3) is 0 Å². The lowest BCUT2D eigenvalue weighted by Crippen LogP contribution is -2.04. The minimum absolute atomic E-state index is 0.0917. The number of anilines is 1. The lowest BCUT2D eigenvalue weighted by Gasteiger charge is -2.02. The van der Waals surface area contributed by atoms with Crippen LogP contribution in [-0.4, -0.2) is 30.5 Å². The van der Waals surface area contributed by atoms with E-state index >= 15 is 0 Å². The van der Waals surface area contributed by atoms with E-state index < -0.39 is 4.92 Å². The maximum Gasteiger partial charge on any atom is 0.310 e. The fourth-order valence-corrected chi connectivity index (χ4v) is 1.11. The second-order valence-corrected chi connectivity index (χ2v) is 2.83. The van der Waals surface area contributed by atoms with Crippen LogP contribution < -0.4 is 5.32 Å². The molecule has 2 heterocycles. The number of rotatable bonds is 4. The van der Waals surface area contributed by atoms with E-state index in [1.54, 1.807) is 0 Å². The molecule has 82 valence electrons. The van der Waals surface area contributed by atoms with Crippen LogP contribution in [0.2, 0.25) is 0 Å². The Kier molecular flexibility index (Phi) is 2.67. The second-order valence-electron chi connectivity index (χ2n) is 2.83. The SMILES string of the molecule is O=[N+]([O-])c1cnccc1NCc1nn[nH]n1. The summed E-state index contributed by atoms with van der Waals surface area (Å²) in [6.07, 6.45) is 2.64. The first-order valence-corrected chi connectivity index (χ1v) is 4.32. The van der Waals surface area contributed by atoms with Gasteiger partial charge in [-0.2, -0.15) is 5.21 Å². The summed E-state index contributed by atoms with van der Waals surface area (Å²) >= 11 is 0. The number of nitrogens with zero attached hydrogens (tertiary/aromatic N) is 5. The summed E-state index contributed by atoms with van der Waals surface area (Å²) in [4.78, 5) is 13.8. The largest absolute Gasteiger partial charge is 0.372 e. The lowest BCUT2D eigenvalue weighted by atomic mass is 10.3. The highest BCUT2D eigenvalue weighted by molar-refractivity contribution is 5.59. The third-order valence-electron chi connectivity index (χ3n) is 1.82.